The minimum atomic E-state index is 1.09. The van der Waals surface area contributed by atoms with Crippen LogP contribution < -0.4 is 4.90 Å². The molecule has 0 aliphatic carbocycles. The van der Waals surface area contributed by atoms with Crippen molar-refractivity contribution in [2.75, 3.05) is 4.90 Å². The summed E-state index contributed by atoms with van der Waals surface area (Å²) >= 11 is 0. The Kier molecular flexibility index (Phi) is 6.93. The van der Waals surface area contributed by atoms with Gasteiger partial charge in [0.25, 0.3) is 0 Å². The van der Waals surface area contributed by atoms with Gasteiger partial charge in [-0.15, -0.1) is 0 Å². The molecular formula is C54H35N3. The van der Waals surface area contributed by atoms with Gasteiger partial charge in [0.1, 0.15) is 0 Å². The zero-order valence-electron chi connectivity index (χ0n) is 31.0. The summed E-state index contributed by atoms with van der Waals surface area (Å²) in [5.41, 5.74) is 15.3. The molecule has 3 heteroatoms. The highest BCUT2D eigenvalue weighted by Crippen LogP contribution is 2.46. The molecule has 266 valence electrons. The standard InChI is InChI=1S/C54H35N3/c1-3-13-36(14-4-1)38-25-29-40(30-26-38)55(41-31-27-39(28-32-41)37-15-5-2-6-16-37)42-17-11-18-43(35-42)56-50-24-12-21-46-44-19-7-9-22-48(44)57-49-23-10-8-20-45(49)47-33-34-51(56)53(52(46)50)54(47)57/h1-35H. The van der Waals surface area contributed by atoms with Gasteiger partial charge in [0, 0.05) is 49.7 Å². The van der Waals surface area contributed by atoms with Crippen LogP contribution in [0.15, 0.2) is 212 Å². The Morgan fingerprint density at radius 2 is 0.789 bits per heavy atom. The van der Waals surface area contributed by atoms with Crippen LogP contribution in [0.3, 0.4) is 0 Å². The van der Waals surface area contributed by atoms with Crippen molar-refractivity contribution in [2.24, 2.45) is 0 Å². The summed E-state index contributed by atoms with van der Waals surface area (Å²) in [6, 6.07) is 77.3. The van der Waals surface area contributed by atoms with Gasteiger partial charge in [0.2, 0.25) is 0 Å². The Labute approximate surface area is 329 Å². The number of benzene rings is 9. The van der Waals surface area contributed by atoms with E-state index in [0.717, 1.165) is 22.7 Å². The average molecular weight is 726 g/mol. The van der Waals surface area contributed by atoms with E-state index < -0.39 is 0 Å². The van der Waals surface area contributed by atoms with Crippen LogP contribution in [0.5, 0.6) is 0 Å². The zero-order chi connectivity index (χ0) is 37.5. The number of rotatable bonds is 6. The maximum Gasteiger partial charge on any atom is 0.0641 e. The van der Waals surface area contributed by atoms with E-state index in [2.05, 4.69) is 226 Å². The van der Waals surface area contributed by atoms with Gasteiger partial charge in [-0.3, -0.25) is 0 Å². The molecule has 12 rings (SSSR count). The van der Waals surface area contributed by atoms with Gasteiger partial charge in [-0.25, -0.2) is 0 Å². The summed E-state index contributed by atoms with van der Waals surface area (Å²) in [5, 5.41) is 7.66. The number of para-hydroxylation sites is 2. The lowest BCUT2D eigenvalue weighted by atomic mass is 10.0. The van der Waals surface area contributed by atoms with Gasteiger partial charge >= 0.3 is 0 Å². The molecule has 0 unspecified atom stereocenters. The fourth-order valence-corrected chi connectivity index (χ4v) is 9.33. The molecule has 12 aromatic rings. The molecule has 57 heavy (non-hydrogen) atoms. The van der Waals surface area contributed by atoms with Crippen molar-refractivity contribution in [1.29, 1.82) is 0 Å². The molecule has 0 amide bonds. The lowest BCUT2D eigenvalue weighted by Gasteiger charge is -2.26. The minimum absolute atomic E-state index is 1.09. The maximum absolute atomic E-state index is 2.50. The molecule has 0 aliphatic heterocycles. The first-order valence-corrected chi connectivity index (χ1v) is 19.6. The third kappa shape index (κ3) is 4.79. The van der Waals surface area contributed by atoms with Crippen LogP contribution in [0.1, 0.15) is 0 Å². The summed E-state index contributed by atoms with van der Waals surface area (Å²) in [5.74, 6) is 0. The number of anilines is 3. The Morgan fingerprint density at radius 3 is 1.42 bits per heavy atom. The Morgan fingerprint density at radius 1 is 0.298 bits per heavy atom. The lowest BCUT2D eigenvalue weighted by Crippen LogP contribution is -2.10. The highest BCUT2D eigenvalue weighted by atomic mass is 15.1. The van der Waals surface area contributed by atoms with E-state index in [1.54, 1.807) is 0 Å². The first-order valence-electron chi connectivity index (χ1n) is 19.6. The van der Waals surface area contributed by atoms with Gasteiger partial charge in [0.15, 0.2) is 0 Å². The van der Waals surface area contributed by atoms with E-state index >= 15 is 0 Å². The summed E-state index contributed by atoms with van der Waals surface area (Å²) in [6.07, 6.45) is 0. The molecule has 0 saturated carbocycles. The van der Waals surface area contributed by atoms with Crippen molar-refractivity contribution in [3.8, 4) is 27.9 Å². The van der Waals surface area contributed by atoms with Gasteiger partial charge in [-0.05, 0) is 94.4 Å². The molecular weight excluding hydrogens is 691 g/mol. The third-order valence-electron chi connectivity index (χ3n) is 11.8. The molecule has 0 radical (unpaired) electrons. The Bertz CT molecular complexity index is 3350. The molecule has 0 bridgehead atoms. The second kappa shape index (κ2) is 12.5. The first kappa shape index (κ1) is 31.7. The molecule has 0 fully saturated rings. The highest BCUT2D eigenvalue weighted by Gasteiger charge is 2.23. The van der Waals surface area contributed by atoms with E-state index in [1.165, 1.54) is 82.2 Å². The second-order valence-electron chi connectivity index (χ2n) is 14.9. The average Bonchev–Trinajstić information content (AvgIpc) is 3.76. The quantitative estimate of drug-likeness (QED) is 0.166. The molecule has 3 nitrogen and oxygen atoms in total. The van der Waals surface area contributed by atoms with E-state index in [4.69, 9.17) is 0 Å². The van der Waals surface area contributed by atoms with Crippen molar-refractivity contribution < 1.29 is 0 Å². The Balaban J connectivity index is 1.09. The fourth-order valence-electron chi connectivity index (χ4n) is 9.33. The SMILES string of the molecule is c1ccc(-c2ccc(N(c3ccc(-c4ccccc4)cc3)c3cccc(-n4c5cccc6c7ccccc7n7c8ccccc8c8ccc4c(c65)c87)c3)cc2)cc1. The number of fused-ring (bicyclic) bond motifs is 6. The van der Waals surface area contributed by atoms with Crippen molar-refractivity contribution in [3.63, 3.8) is 0 Å². The van der Waals surface area contributed by atoms with Gasteiger partial charge in [0.05, 0.1) is 27.6 Å². The third-order valence-corrected chi connectivity index (χ3v) is 11.8. The largest absolute Gasteiger partial charge is 0.310 e. The second-order valence-corrected chi connectivity index (χ2v) is 14.9. The van der Waals surface area contributed by atoms with Gasteiger partial charge in [-0.2, -0.15) is 0 Å². The van der Waals surface area contributed by atoms with Gasteiger partial charge < -0.3 is 13.9 Å². The van der Waals surface area contributed by atoms with Crippen LogP contribution in [0, 0.1) is 0 Å². The predicted molar refractivity (Wildman–Crippen MR) is 241 cm³/mol. The first-order chi connectivity index (χ1) is 28.3. The highest BCUT2D eigenvalue weighted by molar-refractivity contribution is 6.33. The van der Waals surface area contributed by atoms with Crippen LogP contribution in [0.4, 0.5) is 17.1 Å². The molecule has 3 heterocycles. The number of hydrogen-bond donors (Lipinski definition) is 0. The summed E-state index contributed by atoms with van der Waals surface area (Å²) in [6.45, 7) is 0. The van der Waals surface area contributed by atoms with Crippen LogP contribution >= 0.6 is 0 Å². The maximum atomic E-state index is 2.50. The molecule has 0 aliphatic rings. The number of aromatic nitrogens is 2. The van der Waals surface area contributed by atoms with Crippen LogP contribution in [-0.2, 0) is 0 Å². The summed E-state index contributed by atoms with van der Waals surface area (Å²) in [4.78, 5) is 2.38. The van der Waals surface area contributed by atoms with Gasteiger partial charge in [-0.1, -0.05) is 146 Å². The van der Waals surface area contributed by atoms with E-state index in [9.17, 15) is 0 Å². The minimum Gasteiger partial charge on any atom is -0.310 e. The predicted octanol–water partition coefficient (Wildman–Crippen LogP) is 14.7. The van der Waals surface area contributed by atoms with E-state index in [0.29, 0.717) is 0 Å². The molecule has 9 aromatic carbocycles. The van der Waals surface area contributed by atoms with Crippen molar-refractivity contribution in [3.05, 3.63) is 212 Å². The van der Waals surface area contributed by atoms with Crippen LogP contribution in [-0.4, -0.2) is 8.97 Å². The Hall–Kier alpha value is -7.62. The molecule has 0 N–H and O–H groups in total. The molecule has 0 saturated heterocycles. The normalized spacial score (nSPS) is 11.9. The van der Waals surface area contributed by atoms with Crippen LogP contribution in [0.2, 0.25) is 0 Å². The monoisotopic (exact) mass is 725 g/mol. The molecule has 0 spiro atoms. The number of nitrogens with zero attached hydrogens (tertiary/aromatic N) is 3. The van der Waals surface area contributed by atoms with E-state index in [1.807, 2.05) is 0 Å². The topological polar surface area (TPSA) is 12.6 Å². The number of hydrogen-bond acceptors (Lipinski definition) is 1. The van der Waals surface area contributed by atoms with Crippen molar-refractivity contribution in [2.45, 2.75) is 0 Å². The molecule has 0 atom stereocenters. The summed E-state index contributed by atoms with van der Waals surface area (Å²) in [7, 11) is 0. The summed E-state index contributed by atoms with van der Waals surface area (Å²) < 4.78 is 4.98. The van der Waals surface area contributed by atoms with Crippen LogP contribution in [0.25, 0.3) is 87.8 Å². The van der Waals surface area contributed by atoms with Crippen molar-refractivity contribution in [1.82, 2.24) is 8.97 Å². The lowest BCUT2D eigenvalue weighted by molar-refractivity contribution is 1.17. The van der Waals surface area contributed by atoms with E-state index in [-0.39, 0.29) is 0 Å². The zero-order valence-corrected chi connectivity index (χ0v) is 31.0. The smallest absolute Gasteiger partial charge is 0.0641 e. The fraction of sp³-hybridized carbons (Fsp3) is 0. The van der Waals surface area contributed by atoms with Crippen molar-refractivity contribution >= 4 is 77.0 Å². The molecule has 3 aromatic heterocycles.